The summed E-state index contributed by atoms with van der Waals surface area (Å²) >= 11 is 1.76. The third kappa shape index (κ3) is 3.71. The number of carbonyl (C=O) groups excluding carboxylic acids is 1. The monoisotopic (exact) mass is 369 g/mol. The van der Waals surface area contributed by atoms with E-state index in [0.717, 1.165) is 31.7 Å². The molecular formula is C20H23N3O2S. The SMILES string of the molecule is CSc1cccc(CN2C[C@@H]3OC(=O)N(CCc4ccccn4)[C@@H]3C2)c1. The summed E-state index contributed by atoms with van der Waals surface area (Å²) < 4.78 is 5.62. The van der Waals surface area contributed by atoms with Gasteiger partial charge in [0.05, 0.1) is 6.04 Å². The Bertz CT molecular complexity index is 771. The molecule has 0 unspecified atom stereocenters. The maximum Gasteiger partial charge on any atom is 0.410 e. The molecule has 1 aromatic carbocycles. The van der Waals surface area contributed by atoms with Gasteiger partial charge in [0, 0.05) is 49.4 Å². The summed E-state index contributed by atoms with van der Waals surface area (Å²) in [6.45, 7) is 3.22. The number of carbonyl (C=O) groups is 1. The average Bonchev–Trinajstić information content (AvgIpc) is 3.17. The molecule has 2 fully saturated rings. The Labute approximate surface area is 158 Å². The maximum atomic E-state index is 12.2. The normalized spacial score (nSPS) is 22.5. The van der Waals surface area contributed by atoms with Crippen molar-refractivity contribution in [2.24, 2.45) is 0 Å². The molecule has 26 heavy (non-hydrogen) atoms. The summed E-state index contributed by atoms with van der Waals surface area (Å²) in [5, 5.41) is 0. The maximum absolute atomic E-state index is 12.2. The zero-order valence-electron chi connectivity index (χ0n) is 14.9. The van der Waals surface area contributed by atoms with Crippen LogP contribution in [0, 0.1) is 0 Å². The standard InChI is InChI=1S/C20H23N3O2S/c1-26-17-7-4-5-15(11-17)12-22-13-18-19(14-22)25-20(24)23(18)10-8-16-6-2-3-9-21-16/h2-7,9,11,18-19H,8,10,12-14H2,1H3/t18-,19+/m1/s1. The lowest BCUT2D eigenvalue weighted by Crippen LogP contribution is -2.39. The van der Waals surface area contributed by atoms with Crippen LogP contribution < -0.4 is 0 Å². The van der Waals surface area contributed by atoms with Crippen molar-refractivity contribution in [1.29, 1.82) is 0 Å². The van der Waals surface area contributed by atoms with Gasteiger partial charge >= 0.3 is 6.09 Å². The van der Waals surface area contributed by atoms with Crippen LogP contribution in [0.3, 0.4) is 0 Å². The molecule has 2 aromatic rings. The van der Waals surface area contributed by atoms with Gasteiger partial charge in [-0.1, -0.05) is 18.2 Å². The minimum atomic E-state index is -0.181. The van der Waals surface area contributed by atoms with Crippen LogP contribution in [-0.4, -0.2) is 58.9 Å². The van der Waals surface area contributed by atoms with Gasteiger partial charge in [0.2, 0.25) is 0 Å². The zero-order valence-corrected chi connectivity index (χ0v) is 15.7. The van der Waals surface area contributed by atoms with Crippen LogP contribution in [0.5, 0.6) is 0 Å². The number of aromatic nitrogens is 1. The number of hydrogen-bond acceptors (Lipinski definition) is 5. The van der Waals surface area contributed by atoms with Crippen molar-refractivity contribution in [3.8, 4) is 0 Å². The third-order valence-corrected chi connectivity index (χ3v) is 5.80. The van der Waals surface area contributed by atoms with E-state index in [2.05, 4.69) is 40.4 Å². The second-order valence-electron chi connectivity index (χ2n) is 6.80. The molecule has 2 aliphatic rings. The summed E-state index contributed by atoms with van der Waals surface area (Å²) in [5.74, 6) is 0. The van der Waals surface area contributed by atoms with Gasteiger partial charge in [-0.25, -0.2) is 4.79 Å². The molecular weight excluding hydrogens is 346 g/mol. The molecule has 5 nitrogen and oxygen atoms in total. The van der Waals surface area contributed by atoms with E-state index in [1.807, 2.05) is 23.1 Å². The highest BCUT2D eigenvalue weighted by molar-refractivity contribution is 7.98. The summed E-state index contributed by atoms with van der Waals surface area (Å²) in [7, 11) is 0. The van der Waals surface area contributed by atoms with Gasteiger partial charge in [-0.2, -0.15) is 0 Å². The number of likely N-dealkylation sites (tertiary alicyclic amines) is 1. The minimum absolute atomic E-state index is 0.0186. The first-order valence-corrected chi connectivity index (χ1v) is 10.2. The highest BCUT2D eigenvalue weighted by atomic mass is 32.2. The van der Waals surface area contributed by atoms with Crippen LogP contribution in [0.2, 0.25) is 0 Å². The molecule has 136 valence electrons. The second kappa shape index (κ2) is 7.68. The first-order valence-electron chi connectivity index (χ1n) is 8.95. The smallest absolute Gasteiger partial charge is 0.410 e. The zero-order chi connectivity index (χ0) is 17.9. The van der Waals surface area contributed by atoms with Crippen LogP contribution in [-0.2, 0) is 17.7 Å². The Morgan fingerprint density at radius 3 is 2.96 bits per heavy atom. The van der Waals surface area contributed by atoms with Crippen molar-refractivity contribution in [1.82, 2.24) is 14.8 Å². The van der Waals surface area contributed by atoms with Crippen molar-refractivity contribution >= 4 is 17.9 Å². The Balaban J connectivity index is 1.37. The van der Waals surface area contributed by atoms with Crippen molar-refractivity contribution in [3.63, 3.8) is 0 Å². The van der Waals surface area contributed by atoms with E-state index < -0.39 is 0 Å². The van der Waals surface area contributed by atoms with E-state index in [1.165, 1.54) is 10.5 Å². The van der Waals surface area contributed by atoms with Gasteiger partial charge in [0.1, 0.15) is 6.10 Å². The number of amides is 1. The fourth-order valence-electron chi connectivity index (χ4n) is 3.78. The molecule has 1 aromatic heterocycles. The van der Waals surface area contributed by atoms with Gasteiger partial charge in [0.25, 0.3) is 0 Å². The summed E-state index contributed by atoms with van der Waals surface area (Å²) in [6, 6.07) is 14.7. The third-order valence-electron chi connectivity index (χ3n) is 5.07. The summed E-state index contributed by atoms with van der Waals surface area (Å²) in [4.78, 5) is 22.1. The lowest BCUT2D eigenvalue weighted by Gasteiger charge is -2.22. The number of thioether (sulfide) groups is 1. The molecule has 3 heterocycles. The number of rotatable bonds is 6. The molecule has 0 radical (unpaired) electrons. The molecule has 6 heteroatoms. The second-order valence-corrected chi connectivity index (χ2v) is 7.68. The fourth-order valence-corrected chi connectivity index (χ4v) is 4.26. The predicted octanol–water partition coefficient (Wildman–Crippen LogP) is 3.05. The van der Waals surface area contributed by atoms with Crippen LogP contribution in [0.15, 0.2) is 53.6 Å². The molecule has 0 saturated carbocycles. The van der Waals surface area contributed by atoms with E-state index in [1.54, 1.807) is 18.0 Å². The van der Waals surface area contributed by atoms with E-state index in [9.17, 15) is 4.79 Å². The number of nitrogens with zero attached hydrogens (tertiary/aromatic N) is 3. The van der Waals surface area contributed by atoms with Gasteiger partial charge < -0.3 is 4.74 Å². The van der Waals surface area contributed by atoms with Crippen LogP contribution in [0.1, 0.15) is 11.3 Å². The van der Waals surface area contributed by atoms with Crippen LogP contribution >= 0.6 is 11.8 Å². The van der Waals surface area contributed by atoms with Gasteiger partial charge in [0.15, 0.2) is 0 Å². The molecule has 2 aliphatic heterocycles. The van der Waals surface area contributed by atoms with Gasteiger partial charge in [-0.3, -0.25) is 14.8 Å². The molecule has 2 saturated heterocycles. The Kier molecular flexibility index (Phi) is 5.13. The van der Waals surface area contributed by atoms with E-state index in [-0.39, 0.29) is 18.2 Å². The number of fused-ring (bicyclic) bond motifs is 1. The largest absolute Gasteiger partial charge is 0.442 e. The summed E-state index contributed by atoms with van der Waals surface area (Å²) in [6.07, 6.45) is 4.45. The quantitative estimate of drug-likeness (QED) is 0.733. The Morgan fingerprint density at radius 2 is 2.15 bits per heavy atom. The predicted molar refractivity (Wildman–Crippen MR) is 102 cm³/mol. The summed E-state index contributed by atoms with van der Waals surface area (Å²) in [5.41, 5.74) is 2.32. The Morgan fingerprint density at radius 1 is 1.23 bits per heavy atom. The van der Waals surface area contributed by atoms with Crippen molar-refractivity contribution in [2.75, 3.05) is 25.9 Å². The first kappa shape index (κ1) is 17.4. The molecule has 0 bridgehead atoms. The van der Waals surface area contributed by atoms with Gasteiger partial charge in [-0.15, -0.1) is 11.8 Å². The van der Waals surface area contributed by atoms with E-state index in [4.69, 9.17) is 4.74 Å². The lowest BCUT2D eigenvalue weighted by atomic mass is 10.2. The number of benzene rings is 1. The number of hydrogen-bond donors (Lipinski definition) is 0. The minimum Gasteiger partial charge on any atom is -0.442 e. The molecule has 0 spiro atoms. The molecule has 2 atom stereocenters. The van der Waals surface area contributed by atoms with Gasteiger partial charge in [-0.05, 0) is 36.1 Å². The van der Waals surface area contributed by atoms with E-state index in [0.29, 0.717) is 6.54 Å². The van der Waals surface area contributed by atoms with Crippen molar-refractivity contribution in [3.05, 3.63) is 59.9 Å². The van der Waals surface area contributed by atoms with Crippen LogP contribution in [0.25, 0.3) is 0 Å². The van der Waals surface area contributed by atoms with Crippen LogP contribution in [0.4, 0.5) is 4.79 Å². The lowest BCUT2D eigenvalue weighted by molar-refractivity contribution is 0.120. The highest BCUT2D eigenvalue weighted by Gasteiger charge is 2.47. The highest BCUT2D eigenvalue weighted by Crippen LogP contribution is 2.28. The van der Waals surface area contributed by atoms with Crippen molar-refractivity contribution < 1.29 is 9.53 Å². The molecule has 4 rings (SSSR count). The number of pyridine rings is 1. The first-order chi connectivity index (χ1) is 12.7. The number of ether oxygens (including phenoxy) is 1. The average molecular weight is 369 g/mol. The van der Waals surface area contributed by atoms with Crippen molar-refractivity contribution in [2.45, 2.75) is 30.0 Å². The fraction of sp³-hybridized carbons (Fsp3) is 0.400. The molecule has 0 N–H and O–H groups in total. The molecule has 0 aliphatic carbocycles. The topological polar surface area (TPSA) is 45.7 Å². The molecule has 1 amide bonds. The Hall–Kier alpha value is -2.05. The van der Waals surface area contributed by atoms with E-state index >= 15 is 0 Å².